The average molecular weight is 299 g/mol. The van der Waals surface area contributed by atoms with E-state index in [1.54, 1.807) is 7.11 Å². The van der Waals surface area contributed by atoms with Crippen LogP contribution >= 0.6 is 0 Å². The molecule has 0 aliphatic rings. The smallest absolute Gasteiger partial charge is 0.304 e. The fraction of sp³-hybridized carbons (Fsp3) is 0.462. The van der Waals surface area contributed by atoms with Crippen molar-refractivity contribution < 1.29 is 18.8 Å². The summed E-state index contributed by atoms with van der Waals surface area (Å²) >= 11 is 0. The Bertz CT molecular complexity index is 496. The second kappa shape index (κ2) is 8.98. The number of methoxy groups -OCH3 is 1. The van der Waals surface area contributed by atoms with Crippen LogP contribution in [-0.4, -0.2) is 37.6 Å². The normalized spacial score (nSPS) is 10.4. The van der Waals surface area contributed by atoms with Crippen molar-refractivity contribution in [1.82, 2.24) is 10.6 Å². The SMILES string of the molecule is COCCNC(=O)CCNCc1ccc([N+](=O)[O-])c(F)c1. The van der Waals surface area contributed by atoms with E-state index in [9.17, 15) is 19.3 Å². The second-order valence-electron chi connectivity index (χ2n) is 4.31. The van der Waals surface area contributed by atoms with Gasteiger partial charge in [0.05, 0.1) is 11.5 Å². The summed E-state index contributed by atoms with van der Waals surface area (Å²) in [6.45, 7) is 1.68. The van der Waals surface area contributed by atoms with E-state index in [-0.39, 0.29) is 5.91 Å². The molecule has 0 aliphatic carbocycles. The van der Waals surface area contributed by atoms with Crippen LogP contribution in [0.25, 0.3) is 0 Å². The molecule has 0 aliphatic heterocycles. The largest absolute Gasteiger partial charge is 0.383 e. The quantitative estimate of drug-likeness (QED) is 0.403. The van der Waals surface area contributed by atoms with Crippen LogP contribution in [0.1, 0.15) is 12.0 Å². The summed E-state index contributed by atoms with van der Waals surface area (Å²) in [4.78, 5) is 21.1. The highest BCUT2D eigenvalue weighted by Gasteiger charge is 2.13. The fourth-order valence-electron chi connectivity index (χ4n) is 1.62. The molecule has 0 unspecified atom stereocenters. The van der Waals surface area contributed by atoms with Crippen LogP contribution in [0.3, 0.4) is 0 Å². The number of nitro groups is 1. The lowest BCUT2D eigenvalue weighted by atomic mass is 10.2. The minimum absolute atomic E-state index is 0.102. The topological polar surface area (TPSA) is 93.5 Å². The van der Waals surface area contributed by atoms with Crippen LogP contribution in [0.5, 0.6) is 0 Å². The molecule has 2 N–H and O–H groups in total. The molecular weight excluding hydrogens is 281 g/mol. The minimum Gasteiger partial charge on any atom is -0.383 e. The molecule has 1 rings (SSSR count). The summed E-state index contributed by atoms with van der Waals surface area (Å²) in [5.74, 6) is -0.967. The van der Waals surface area contributed by atoms with Crippen molar-refractivity contribution in [3.8, 4) is 0 Å². The summed E-state index contributed by atoms with van der Waals surface area (Å²) in [5, 5.41) is 16.1. The maximum atomic E-state index is 13.4. The van der Waals surface area contributed by atoms with Gasteiger partial charge in [0.15, 0.2) is 0 Å². The Hall–Kier alpha value is -2.06. The third kappa shape index (κ3) is 6.28. The van der Waals surface area contributed by atoms with Crippen LogP contribution < -0.4 is 10.6 Å². The lowest BCUT2D eigenvalue weighted by Crippen LogP contribution is -2.29. The van der Waals surface area contributed by atoms with Crippen LogP contribution in [0.4, 0.5) is 10.1 Å². The molecule has 0 fully saturated rings. The van der Waals surface area contributed by atoms with E-state index in [0.29, 0.717) is 38.2 Å². The summed E-state index contributed by atoms with van der Waals surface area (Å²) < 4.78 is 18.2. The van der Waals surface area contributed by atoms with E-state index < -0.39 is 16.4 Å². The first kappa shape index (κ1) is 17.0. The first-order chi connectivity index (χ1) is 10.0. The molecule has 1 aromatic rings. The molecule has 0 heterocycles. The maximum absolute atomic E-state index is 13.4. The van der Waals surface area contributed by atoms with Crippen molar-refractivity contribution in [2.75, 3.05) is 26.8 Å². The Kier molecular flexibility index (Phi) is 7.27. The number of nitrogens with zero attached hydrogens (tertiary/aromatic N) is 1. The highest BCUT2D eigenvalue weighted by Crippen LogP contribution is 2.17. The predicted molar refractivity (Wildman–Crippen MR) is 74.3 cm³/mol. The summed E-state index contributed by atoms with van der Waals surface area (Å²) in [5.41, 5.74) is 0.0363. The van der Waals surface area contributed by atoms with E-state index in [2.05, 4.69) is 10.6 Å². The summed E-state index contributed by atoms with van der Waals surface area (Å²) in [6, 6.07) is 3.72. The first-order valence-electron chi connectivity index (χ1n) is 6.43. The zero-order valence-electron chi connectivity index (χ0n) is 11.7. The number of amides is 1. The Morgan fingerprint density at radius 2 is 2.19 bits per heavy atom. The molecule has 0 radical (unpaired) electrons. The Balaban J connectivity index is 2.28. The van der Waals surface area contributed by atoms with Gasteiger partial charge in [-0.1, -0.05) is 6.07 Å². The molecule has 116 valence electrons. The van der Waals surface area contributed by atoms with Gasteiger partial charge in [0.1, 0.15) is 0 Å². The van der Waals surface area contributed by atoms with E-state index >= 15 is 0 Å². The van der Waals surface area contributed by atoms with Crippen molar-refractivity contribution >= 4 is 11.6 Å². The number of ether oxygens (including phenoxy) is 1. The molecule has 21 heavy (non-hydrogen) atoms. The number of carbonyl (C=O) groups excluding carboxylic acids is 1. The van der Waals surface area contributed by atoms with Gasteiger partial charge >= 0.3 is 5.69 Å². The number of hydrogen-bond acceptors (Lipinski definition) is 5. The van der Waals surface area contributed by atoms with Crippen LogP contribution in [0.2, 0.25) is 0 Å². The zero-order chi connectivity index (χ0) is 15.7. The van der Waals surface area contributed by atoms with Crippen molar-refractivity contribution in [2.24, 2.45) is 0 Å². The van der Waals surface area contributed by atoms with Crippen molar-refractivity contribution in [3.05, 3.63) is 39.7 Å². The molecule has 7 nitrogen and oxygen atoms in total. The third-order valence-electron chi connectivity index (χ3n) is 2.70. The van der Waals surface area contributed by atoms with Crippen molar-refractivity contribution in [2.45, 2.75) is 13.0 Å². The van der Waals surface area contributed by atoms with Gasteiger partial charge in [-0.15, -0.1) is 0 Å². The van der Waals surface area contributed by atoms with Crippen LogP contribution in [-0.2, 0) is 16.1 Å². The number of halogens is 1. The van der Waals surface area contributed by atoms with Crippen molar-refractivity contribution in [3.63, 3.8) is 0 Å². The summed E-state index contributed by atoms with van der Waals surface area (Å²) in [6.07, 6.45) is 0.291. The number of benzene rings is 1. The van der Waals surface area contributed by atoms with E-state index in [1.165, 1.54) is 6.07 Å². The predicted octanol–water partition coefficient (Wildman–Crippen LogP) is 0.976. The molecule has 0 saturated heterocycles. The van der Waals surface area contributed by atoms with Gasteiger partial charge in [-0.05, 0) is 11.6 Å². The lowest BCUT2D eigenvalue weighted by molar-refractivity contribution is -0.387. The Morgan fingerprint density at radius 1 is 1.43 bits per heavy atom. The van der Waals surface area contributed by atoms with Gasteiger partial charge in [0.2, 0.25) is 11.7 Å². The standard InChI is InChI=1S/C13H18FN3O4/c1-21-7-6-16-13(18)4-5-15-9-10-2-3-12(17(19)20)11(14)8-10/h2-3,8,15H,4-7,9H2,1H3,(H,16,18). The number of nitrogens with one attached hydrogen (secondary N) is 2. The van der Waals surface area contributed by atoms with E-state index in [4.69, 9.17) is 4.74 Å². The lowest BCUT2D eigenvalue weighted by Gasteiger charge is -2.06. The maximum Gasteiger partial charge on any atom is 0.304 e. The van der Waals surface area contributed by atoms with Crippen LogP contribution in [0.15, 0.2) is 18.2 Å². The zero-order valence-corrected chi connectivity index (χ0v) is 11.7. The van der Waals surface area contributed by atoms with Gasteiger partial charge in [-0.2, -0.15) is 4.39 Å². The molecule has 1 amide bonds. The fourth-order valence-corrected chi connectivity index (χ4v) is 1.62. The number of hydrogen-bond donors (Lipinski definition) is 2. The minimum atomic E-state index is -0.864. The Labute approximate surface area is 121 Å². The van der Waals surface area contributed by atoms with Crippen LogP contribution in [0, 0.1) is 15.9 Å². The third-order valence-corrected chi connectivity index (χ3v) is 2.70. The van der Waals surface area contributed by atoms with E-state index in [1.807, 2.05) is 0 Å². The van der Waals surface area contributed by atoms with Gasteiger partial charge in [-0.3, -0.25) is 14.9 Å². The number of carbonyl (C=O) groups is 1. The molecule has 1 aromatic carbocycles. The number of rotatable bonds is 9. The second-order valence-corrected chi connectivity index (χ2v) is 4.31. The van der Waals surface area contributed by atoms with Gasteiger partial charge < -0.3 is 15.4 Å². The summed E-state index contributed by atoms with van der Waals surface area (Å²) in [7, 11) is 1.55. The molecule has 0 atom stereocenters. The van der Waals surface area contributed by atoms with Gasteiger partial charge in [0, 0.05) is 39.2 Å². The van der Waals surface area contributed by atoms with E-state index in [0.717, 1.165) is 12.1 Å². The average Bonchev–Trinajstić information content (AvgIpc) is 2.43. The van der Waals surface area contributed by atoms with Gasteiger partial charge in [0.25, 0.3) is 0 Å². The molecule has 0 aromatic heterocycles. The first-order valence-corrected chi connectivity index (χ1v) is 6.43. The highest BCUT2D eigenvalue weighted by atomic mass is 19.1. The molecule has 0 spiro atoms. The molecule has 8 heteroatoms. The number of nitro benzene ring substituents is 1. The monoisotopic (exact) mass is 299 g/mol. The highest BCUT2D eigenvalue weighted by molar-refractivity contribution is 5.76. The molecule has 0 saturated carbocycles. The molecular formula is C13H18FN3O4. The van der Waals surface area contributed by atoms with Gasteiger partial charge in [-0.25, -0.2) is 0 Å². The molecule has 0 bridgehead atoms. The Morgan fingerprint density at radius 3 is 2.81 bits per heavy atom. The van der Waals surface area contributed by atoms with Crippen molar-refractivity contribution in [1.29, 1.82) is 0 Å².